The smallest absolute Gasteiger partial charge is 0.165 e. The number of rotatable bonds is 6. The molecule has 1 aromatic carbocycles. The molecule has 0 spiro atoms. The van der Waals surface area contributed by atoms with Crippen LogP contribution in [0.25, 0.3) is 21.9 Å². The quantitative estimate of drug-likeness (QED) is 0.684. The van der Waals surface area contributed by atoms with Crippen LogP contribution in [-0.4, -0.2) is 33.5 Å². The third-order valence-corrected chi connectivity index (χ3v) is 5.10. The van der Waals surface area contributed by atoms with E-state index in [4.69, 9.17) is 20.2 Å². The Morgan fingerprint density at radius 3 is 2.85 bits per heavy atom. The molecule has 0 radical (unpaired) electrons. The number of fused-ring (bicyclic) bond motifs is 3. The van der Waals surface area contributed by atoms with Crippen LogP contribution in [0.2, 0.25) is 0 Å². The van der Waals surface area contributed by atoms with Crippen LogP contribution in [0.5, 0.6) is 0 Å². The van der Waals surface area contributed by atoms with Gasteiger partial charge >= 0.3 is 0 Å². The predicted molar refractivity (Wildman–Crippen MR) is 103 cm³/mol. The molecule has 4 rings (SSSR count). The second kappa shape index (κ2) is 6.85. The van der Waals surface area contributed by atoms with Crippen molar-refractivity contribution in [2.24, 2.45) is 0 Å². The first kappa shape index (κ1) is 17.2. The standard InChI is InChI=1S/C20H26N4O2/c1-3-6-17-23-16-13-22-18-14(7-4-8-15(18)21)19(16)24(17)10-5-9-20(2)25-11-12-26-20/h4,7-8,13H,3,5-6,9-12,21H2,1-2H3. The number of pyridine rings is 1. The Morgan fingerprint density at radius 2 is 2.08 bits per heavy atom. The van der Waals surface area contributed by atoms with Crippen molar-refractivity contribution in [2.45, 2.75) is 51.9 Å². The van der Waals surface area contributed by atoms with Crippen LogP contribution in [0.15, 0.2) is 24.4 Å². The monoisotopic (exact) mass is 354 g/mol. The van der Waals surface area contributed by atoms with Gasteiger partial charge in [0.25, 0.3) is 0 Å². The van der Waals surface area contributed by atoms with E-state index in [0.29, 0.717) is 18.9 Å². The molecule has 1 aliphatic rings. The molecule has 1 fully saturated rings. The van der Waals surface area contributed by atoms with Crippen LogP contribution in [0.4, 0.5) is 5.69 Å². The molecule has 2 aromatic heterocycles. The molecule has 0 aliphatic carbocycles. The van der Waals surface area contributed by atoms with Crippen molar-refractivity contribution in [3.63, 3.8) is 0 Å². The van der Waals surface area contributed by atoms with Crippen molar-refractivity contribution < 1.29 is 9.47 Å². The predicted octanol–water partition coefficient (Wildman–Crippen LogP) is 3.66. The van der Waals surface area contributed by atoms with E-state index in [-0.39, 0.29) is 0 Å². The summed E-state index contributed by atoms with van der Waals surface area (Å²) in [7, 11) is 0. The third-order valence-electron chi connectivity index (χ3n) is 5.10. The minimum Gasteiger partial charge on any atom is -0.397 e. The lowest BCUT2D eigenvalue weighted by molar-refractivity contribution is -0.147. The van der Waals surface area contributed by atoms with Crippen molar-refractivity contribution in [1.29, 1.82) is 0 Å². The first-order valence-electron chi connectivity index (χ1n) is 9.41. The highest BCUT2D eigenvalue weighted by Crippen LogP contribution is 2.30. The number of aromatic nitrogens is 3. The zero-order valence-corrected chi connectivity index (χ0v) is 15.5. The highest BCUT2D eigenvalue weighted by atomic mass is 16.7. The van der Waals surface area contributed by atoms with Gasteiger partial charge in [0.1, 0.15) is 11.3 Å². The lowest BCUT2D eigenvalue weighted by Crippen LogP contribution is -2.25. The van der Waals surface area contributed by atoms with Crippen molar-refractivity contribution in [3.05, 3.63) is 30.2 Å². The first-order chi connectivity index (χ1) is 12.6. The van der Waals surface area contributed by atoms with E-state index in [1.54, 1.807) is 0 Å². The summed E-state index contributed by atoms with van der Waals surface area (Å²) in [4.78, 5) is 9.38. The van der Waals surface area contributed by atoms with Gasteiger partial charge in [-0.25, -0.2) is 4.98 Å². The minimum absolute atomic E-state index is 0.449. The topological polar surface area (TPSA) is 75.2 Å². The average Bonchev–Trinajstić information content (AvgIpc) is 3.20. The number of nitrogen functional groups attached to an aromatic ring is 1. The number of hydrogen-bond acceptors (Lipinski definition) is 5. The third kappa shape index (κ3) is 3.04. The van der Waals surface area contributed by atoms with Crippen molar-refractivity contribution in [2.75, 3.05) is 18.9 Å². The second-order valence-corrected chi connectivity index (χ2v) is 7.10. The summed E-state index contributed by atoms with van der Waals surface area (Å²) >= 11 is 0. The lowest BCUT2D eigenvalue weighted by Gasteiger charge is -2.22. The van der Waals surface area contributed by atoms with Gasteiger partial charge in [-0.2, -0.15) is 0 Å². The Morgan fingerprint density at radius 1 is 1.27 bits per heavy atom. The molecule has 6 nitrogen and oxygen atoms in total. The van der Waals surface area contributed by atoms with Gasteiger partial charge in [0.2, 0.25) is 0 Å². The number of aryl methyl sites for hydroxylation is 2. The number of ether oxygens (including phenoxy) is 2. The molecule has 1 saturated heterocycles. The molecule has 3 aromatic rings. The number of nitrogens with zero attached hydrogens (tertiary/aromatic N) is 3. The zero-order valence-electron chi connectivity index (χ0n) is 15.5. The van der Waals surface area contributed by atoms with E-state index in [0.717, 1.165) is 60.0 Å². The van der Waals surface area contributed by atoms with Crippen molar-refractivity contribution in [1.82, 2.24) is 14.5 Å². The highest BCUT2D eigenvalue weighted by molar-refractivity contribution is 6.06. The van der Waals surface area contributed by atoms with Gasteiger partial charge in [-0.05, 0) is 25.8 Å². The summed E-state index contributed by atoms with van der Waals surface area (Å²) < 4.78 is 13.8. The number of anilines is 1. The van der Waals surface area contributed by atoms with Gasteiger partial charge < -0.3 is 19.8 Å². The molecule has 1 aliphatic heterocycles. The molecule has 0 saturated carbocycles. The largest absolute Gasteiger partial charge is 0.397 e. The van der Waals surface area contributed by atoms with Crippen LogP contribution in [0.3, 0.4) is 0 Å². The molecule has 0 amide bonds. The van der Waals surface area contributed by atoms with E-state index in [1.807, 2.05) is 25.3 Å². The average molecular weight is 354 g/mol. The molecule has 0 unspecified atom stereocenters. The number of hydrogen-bond donors (Lipinski definition) is 1. The maximum absolute atomic E-state index is 6.14. The maximum Gasteiger partial charge on any atom is 0.165 e. The van der Waals surface area contributed by atoms with E-state index < -0.39 is 5.79 Å². The van der Waals surface area contributed by atoms with Crippen LogP contribution in [0.1, 0.15) is 38.9 Å². The summed E-state index contributed by atoms with van der Waals surface area (Å²) in [5, 5.41) is 1.07. The first-order valence-corrected chi connectivity index (χ1v) is 9.41. The van der Waals surface area contributed by atoms with E-state index in [2.05, 4.69) is 22.5 Å². The van der Waals surface area contributed by atoms with Crippen LogP contribution < -0.4 is 5.73 Å². The van der Waals surface area contributed by atoms with Gasteiger partial charge in [0.15, 0.2) is 5.79 Å². The summed E-state index contributed by atoms with van der Waals surface area (Å²) in [5.41, 5.74) is 9.75. The Labute approximate surface area is 153 Å². The van der Waals surface area contributed by atoms with E-state index in [1.165, 1.54) is 0 Å². The zero-order chi connectivity index (χ0) is 18.1. The highest BCUT2D eigenvalue weighted by Gasteiger charge is 2.30. The molecule has 6 heteroatoms. The fourth-order valence-electron chi connectivity index (χ4n) is 3.83. The molecule has 0 atom stereocenters. The molecule has 3 heterocycles. The number of para-hydroxylation sites is 1. The Hall–Kier alpha value is -2.18. The van der Waals surface area contributed by atoms with Crippen molar-refractivity contribution in [3.8, 4) is 0 Å². The number of nitrogens with two attached hydrogens (primary N) is 1. The maximum atomic E-state index is 6.14. The SMILES string of the molecule is CCCc1nc2cnc3c(N)cccc3c2n1CCCC1(C)OCCO1. The second-order valence-electron chi connectivity index (χ2n) is 7.10. The van der Waals surface area contributed by atoms with Crippen LogP contribution in [-0.2, 0) is 22.4 Å². The normalized spacial score (nSPS) is 16.7. The summed E-state index contributed by atoms with van der Waals surface area (Å²) in [6.45, 7) is 6.45. The number of imidazole rings is 1. The van der Waals surface area contributed by atoms with Gasteiger partial charge in [-0.1, -0.05) is 19.1 Å². The van der Waals surface area contributed by atoms with Gasteiger partial charge in [0, 0.05) is 24.8 Å². The van der Waals surface area contributed by atoms with Gasteiger partial charge in [-0.15, -0.1) is 0 Å². The number of benzene rings is 1. The molecular formula is C20H26N4O2. The lowest BCUT2D eigenvalue weighted by atomic mass is 10.1. The fourth-order valence-corrected chi connectivity index (χ4v) is 3.83. The summed E-state index contributed by atoms with van der Waals surface area (Å²) in [6.07, 6.45) is 5.67. The van der Waals surface area contributed by atoms with Crippen LogP contribution >= 0.6 is 0 Å². The molecule has 26 heavy (non-hydrogen) atoms. The van der Waals surface area contributed by atoms with E-state index >= 15 is 0 Å². The molecule has 0 bridgehead atoms. The molecule has 138 valence electrons. The molecule has 2 N–H and O–H groups in total. The summed E-state index contributed by atoms with van der Waals surface area (Å²) in [6, 6.07) is 5.96. The van der Waals surface area contributed by atoms with E-state index in [9.17, 15) is 0 Å². The summed E-state index contributed by atoms with van der Waals surface area (Å²) in [5.74, 6) is 0.660. The Bertz CT molecular complexity index is 928. The van der Waals surface area contributed by atoms with Crippen LogP contribution in [0, 0.1) is 0 Å². The van der Waals surface area contributed by atoms with Gasteiger partial charge in [-0.3, -0.25) is 4.98 Å². The fraction of sp³-hybridized carbons (Fsp3) is 0.500. The minimum atomic E-state index is -0.449. The van der Waals surface area contributed by atoms with Crippen molar-refractivity contribution >= 4 is 27.6 Å². The Balaban J connectivity index is 1.72. The molecular weight excluding hydrogens is 328 g/mol. The van der Waals surface area contributed by atoms with Gasteiger partial charge in [0.05, 0.1) is 36.1 Å². The Kier molecular flexibility index (Phi) is 4.54.